The summed E-state index contributed by atoms with van der Waals surface area (Å²) in [4.78, 5) is 11.2. The Morgan fingerprint density at radius 2 is 1.97 bits per heavy atom. The van der Waals surface area contributed by atoms with Crippen molar-refractivity contribution in [2.75, 3.05) is 0 Å². The van der Waals surface area contributed by atoms with Gasteiger partial charge in [-0.05, 0) is 65.9 Å². The van der Waals surface area contributed by atoms with E-state index in [0.717, 1.165) is 16.5 Å². The number of aliphatic carboxylic acids is 1. The molecule has 0 radical (unpaired) electrons. The summed E-state index contributed by atoms with van der Waals surface area (Å²) in [6.45, 7) is 3.32. The number of hydrogen-bond donors (Lipinski definition) is 1. The zero-order valence-corrected chi connectivity index (χ0v) is 17.5. The maximum Gasteiger partial charge on any atom is 0.303 e. The van der Waals surface area contributed by atoms with Gasteiger partial charge in [-0.15, -0.1) is 0 Å². The lowest BCUT2D eigenvalue weighted by Crippen LogP contribution is -2.12. The molecule has 150 valence electrons. The Hall–Kier alpha value is -2.84. The normalized spacial score (nSPS) is 11.9. The van der Waals surface area contributed by atoms with Crippen LogP contribution in [0.5, 0.6) is 0 Å². The van der Waals surface area contributed by atoms with E-state index < -0.39 is 16.0 Å². The third kappa shape index (κ3) is 3.49. The molecule has 6 nitrogen and oxygen atoms in total. The number of rotatable bonds is 6. The van der Waals surface area contributed by atoms with E-state index in [1.807, 2.05) is 29.0 Å². The topological polar surface area (TPSA) is 89.5 Å². The Morgan fingerprint density at radius 3 is 2.59 bits per heavy atom. The van der Waals surface area contributed by atoms with Gasteiger partial charge in [0.05, 0.1) is 5.52 Å². The van der Waals surface area contributed by atoms with Crippen LogP contribution < -0.4 is 0 Å². The number of carbonyl (C=O) groups is 1. The van der Waals surface area contributed by atoms with Gasteiger partial charge in [0.1, 0.15) is 16.4 Å². The van der Waals surface area contributed by atoms with Gasteiger partial charge in [0.2, 0.25) is 0 Å². The molecule has 0 aliphatic carbocycles. The van der Waals surface area contributed by atoms with Crippen molar-refractivity contribution in [2.24, 2.45) is 0 Å². The van der Waals surface area contributed by atoms with Gasteiger partial charge in [0.15, 0.2) is 0 Å². The van der Waals surface area contributed by atoms with Crippen LogP contribution in [0, 0.1) is 13.8 Å². The molecule has 0 atom stereocenters. The lowest BCUT2D eigenvalue weighted by molar-refractivity contribution is -0.136. The van der Waals surface area contributed by atoms with Crippen molar-refractivity contribution in [3.8, 4) is 11.1 Å². The molecule has 0 aliphatic heterocycles. The van der Waals surface area contributed by atoms with Crippen molar-refractivity contribution in [1.82, 2.24) is 3.97 Å². The Morgan fingerprint density at radius 1 is 1.17 bits per heavy atom. The highest BCUT2D eigenvalue weighted by Gasteiger charge is 2.26. The first-order chi connectivity index (χ1) is 13.8. The van der Waals surface area contributed by atoms with Crippen molar-refractivity contribution >= 4 is 38.2 Å². The number of nitrogens with zero attached hydrogens (tertiary/aromatic N) is 1. The molecule has 0 spiro atoms. The van der Waals surface area contributed by atoms with Gasteiger partial charge < -0.3 is 9.52 Å². The molecule has 4 rings (SSSR count). The fourth-order valence-corrected chi connectivity index (χ4v) is 5.76. The zero-order chi connectivity index (χ0) is 20.8. The van der Waals surface area contributed by atoms with Crippen molar-refractivity contribution in [3.63, 3.8) is 0 Å². The molecule has 0 amide bonds. The highest BCUT2D eigenvalue weighted by atomic mass is 32.2. The van der Waals surface area contributed by atoms with Crippen molar-refractivity contribution in [2.45, 2.75) is 31.6 Å². The predicted molar refractivity (Wildman–Crippen MR) is 112 cm³/mol. The van der Waals surface area contributed by atoms with Crippen LogP contribution in [0.15, 0.2) is 56.6 Å². The molecule has 0 bridgehead atoms. The number of fused-ring (bicyclic) bond motifs is 1. The average Bonchev–Trinajstić information content (AvgIpc) is 3.38. The van der Waals surface area contributed by atoms with Crippen LogP contribution in [0.2, 0.25) is 0 Å². The lowest BCUT2D eigenvalue weighted by Gasteiger charge is -2.07. The van der Waals surface area contributed by atoms with Crippen LogP contribution in [0.25, 0.3) is 22.0 Å². The second kappa shape index (κ2) is 7.20. The number of furan rings is 1. The molecule has 0 fully saturated rings. The van der Waals surface area contributed by atoms with Crippen LogP contribution in [-0.2, 0) is 21.2 Å². The fraction of sp³-hybridized carbons (Fsp3) is 0.190. The van der Waals surface area contributed by atoms with Gasteiger partial charge in [-0.2, -0.15) is 11.3 Å². The molecule has 4 aromatic rings. The summed E-state index contributed by atoms with van der Waals surface area (Å²) in [7, 11) is -3.88. The zero-order valence-electron chi connectivity index (χ0n) is 15.9. The number of benzene rings is 1. The van der Waals surface area contributed by atoms with E-state index in [0.29, 0.717) is 22.6 Å². The second-order valence-corrected chi connectivity index (χ2v) is 9.43. The van der Waals surface area contributed by atoms with Crippen LogP contribution in [0.1, 0.15) is 23.5 Å². The van der Waals surface area contributed by atoms with E-state index in [9.17, 15) is 13.2 Å². The van der Waals surface area contributed by atoms with Gasteiger partial charge in [0, 0.05) is 24.1 Å². The van der Waals surface area contributed by atoms with Gasteiger partial charge >= 0.3 is 5.97 Å². The summed E-state index contributed by atoms with van der Waals surface area (Å²) < 4.78 is 33.3. The monoisotopic (exact) mass is 429 g/mol. The maximum absolute atomic E-state index is 13.3. The van der Waals surface area contributed by atoms with Crippen LogP contribution in [-0.4, -0.2) is 23.5 Å². The highest BCUT2D eigenvalue weighted by molar-refractivity contribution is 7.90. The van der Waals surface area contributed by atoms with E-state index in [4.69, 9.17) is 9.52 Å². The third-order valence-electron chi connectivity index (χ3n) is 4.85. The van der Waals surface area contributed by atoms with Crippen molar-refractivity contribution < 1.29 is 22.7 Å². The smallest absolute Gasteiger partial charge is 0.303 e. The number of carboxylic acids is 1. The first-order valence-corrected chi connectivity index (χ1v) is 11.4. The standard InChI is InChI=1S/C21H19NO5S2/c1-13-9-20(14(2)27-13)29(25,26)22-11-16(4-6-21(23)24)18-10-15(3-5-19(18)22)17-7-8-28-12-17/h3,5,7-12H,4,6H2,1-2H3,(H,23,24). The number of carboxylic acid groups (broad SMARTS) is 1. The van der Waals surface area contributed by atoms with E-state index in [-0.39, 0.29) is 17.7 Å². The van der Waals surface area contributed by atoms with Gasteiger partial charge in [-0.1, -0.05) is 6.07 Å². The SMILES string of the molecule is Cc1cc(S(=O)(=O)n2cc(CCC(=O)O)c3cc(-c4ccsc4)ccc32)c(C)o1. The minimum absolute atomic E-state index is 0.0777. The molecule has 0 saturated heterocycles. The molecule has 0 aliphatic rings. The third-order valence-corrected chi connectivity index (χ3v) is 7.31. The van der Waals surface area contributed by atoms with E-state index in [1.165, 1.54) is 16.2 Å². The average molecular weight is 430 g/mol. The Labute approximate surface area is 172 Å². The van der Waals surface area contributed by atoms with Crippen LogP contribution in [0.3, 0.4) is 0 Å². The number of aromatic nitrogens is 1. The Kier molecular flexibility index (Phi) is 4.84. The van der Waals surface area contributed by atoms with Crippen LogP contribution in [0.4, 0.5) is 0 Å². The maximum atomic E-state index is 13.3. The molecule has 3 heterocycles. The number of hydrogen-bond acceptors (Lipinski definition) is 5. The Bertz CT molecular complexity index is 1310. The van der Waals surface area contributed by atoms with Gasteiger partial charge in [-0.25, -0.2) is 12.4 Å². The minimum Gasteiger partial charge on any atom is -0.481 e. The molecule has 3 aromatic heterocycles. The van der Waals surface area contributed by atoms with Crippen molar-refractivity contribution in [1.29, 1.82) is 0 Å². The molecule has 0 saturated carbocycles. The van der Waals surface area contributed by atoms with E-state index >= 15 is 0 Å². The quantitative estimate of drug-likeness (QED) is 0.474. The summed E-state index contributed by atoms with van der Waals surface area (Å²) in [5.74, 6) is -0.0845. The molecule has 29 heavy (non-hydrogen) atoms. The van der Waals surface area contributed by atoms with Gasteiger partial charge in [0.25, 0.3) is 10.0 Å². The molecule has 0 unspecified atom stereocenters. The first-order valence-electron chi connectivity index (χ1n) is 8.98. The number of thiophene rings is 1. The number of aryl methyl sites for hydroxylation is 3. The fourth-order valence-electron chi connectivity index (χ4n) is 3.48. The van der Waals surface area contributed by atoms with E-state index in [1.54, 1.807) is 31.3 Å². The highest BCUT2D eigenvalue weighted by Crippen LogP contribution is 2.33. The van der Waals surface area contributed by atoms with E-state index in [2.05, 4.69) is 0 Å². The summed E-state index contributed by atoms with van der Waals surface area (Å²) in [5, 5.41) is 13.8. The summed E-state index contributed by atoms with van der Waals surface area (Å²) in [6.07, 6.45) is 1.69. The summed E-state index contributed by atoms with van der Waals surface area (Å²) >= 11 is 1.58. The minimum atomic E-state index is -3.88. The molecule has 1 aromatic carbocycles. The summed E-state index contributed by atoms with van der Waals surface area (Å²) in [5.41, 5.74) is 3.20. The molecular weight excluding hydrogens is 410 g/mol. The predicted octanol–water partition coefficient (Wildman–Crippen LogP) is 4.83. The largest absolute Gasteiger partial charge is 0.481 e. The Balaban J connectivity index is 1.92. The molecule has 1 N–H and O–H groups in total. The summed E-state index contributed by atoms with van der Waals surface area (Å²) in [6, 6.07) is 9.08. The second-order valence-electron chi connectivity index (χ2n) is 6.87. The molecular formula is C21H19NO5S2. The lowest BCUT2D eigenvalue weighted by atomic mass is 10.0. The first kappa shape index (κ1) is 19.5. The van der Waals surface area contributed by atoms with Gasteiger partial charge in [-0.3, -0.25) is 4.79 Å². The van der Waals surface area contributed by atoms with Crippen molar-refractivity contribution in [3.05, 3.63) is 64.4 Å². The molecule has 8 heteroatoms. The van der Waals surface area contributed by atoms with Crippen LogP contribution >= 0.6 is 11.3 Å².